The van der Waals surface area contributed by atoms with Crippen LogP contribution in [0.2, 0.25) is 0 Å². The van der Waals surface area contributed by atoms with Gasteiger partial charge in [-0.05, 0) is 85.3 Å². The number of benzene rings is 1. The topological polar surface area (TPSA) is 101 Å². The number of methoxy groups -OCH3 is 1. The zero-order chi connectivity index (χ0) is 25.9. The first-order chi connectivity index (χ1) is 17.2. The molecule has 2 amide bonds. The molecule has 1 unspecified atom stereocenters. The lowest BCUT2D eigenvalue weighted by molar-refractivity contribution is -0.142. The van der Waals surface area contributed by atoms with Crippen LogP contribution in [0.1, 0.15) is 62.5 Å². The quantitative estimate of drug-likeness (QED) is 0.542. The van der Waals surface area contributed by atoms with E-state index in [-0.39, 0.29) is 46.9 Å². The van der Waals surface area contributed by atoms with E-state index in [1.54, 1.807) is 37.6 Å². The summed E-state index contributed by atoms with van der Waals surface area (Å²) in [5.74, 6) is 0.219. The van der Waals surface area contributed by atoms with Gasteiger partial charge in [0.1, 0.15) is 5.75 Å². The molecule has 1 heterocycles. The van der Waals surface area contributed by atoms with Gasteiger partial charge in [-0.1, -0.05) is 26.8 Å². The summed E-state index contributed by atoms with van der Waals surface area (Å²) in [7, 11) is 1.60. The summed E-state index contributed by atoms with van der Waals surface area (Å²) in [6.45, 7) is 6.70. The highest BCUT2D eigenvalue weighted by Crippen LogP contribution is 2.55. The van der Waals surface area contributed by atoms with E-state index < -0.39 is 6.10 Å². The average molecular weight is 494 g/mol. The standard InChI is InChI=1S/C29H39N3O4/c1-18(27(34)31-17-21-7-5-6-16-30-21)23-12-14-29(3)15-13-24(19(2)25(29)26(23)33)32-28(35)20-8-10-22(36-4)11-9-20/h5-11,16,18-19,23-26,33H,12-15,17H2,1-4H3,(H,31,34)(H,32,35)/t18-,19+,23?,24-,25+,26-,29-/m0/s1. The third kappa shape index (κ3) is 5.41. The lowest BCUT2D eigenvalue weighted by atomic mass is 9.51. The second kappa shape index (κ2) is 11.0. The Kier molecular flexibility index (Phi) is 7.98. The van der Waals surface area contributed by atoms with Crippen LogP contribution < -0.4 is 15.4 Å². The number of carbonyl (C=O) groups is 2. The molecule has 194 valence electrons. The zero-order valence-corrected chi connectivity index (χ0v) is 21.7. The van der Waals surface area contributed by atoms with Crippen molar-refractivity contribution < 1.29 is 19.4 Å². The van der Waals surface area contributed by atoms with E-state index in [0.717, 1.165) is 31.4 Å². The molecule has 7 nitrogen and oxygen atoms in total. The monoisotopic (exact) mass is 493 g/mol. The Hall–Kier alpha value is -2.93. The van der Waals surface area contributed by atoms with Gasteiger partial charge in [0.25, 0.3) is 5.91 Å². The molecular weight excluding hydrogens is 454 g/mol. The largest absolute Gasteiger partial charge is 0.497 e. The first-order valence-electron chi connectivity index (χ1n) is 13.0. The third-order valence-corrected chi connectivity index (χ3v) is 8.78. The van der Waals surface area contributed by atoms with E-state index in [2.05, 4.69) is 29.5 Å². The Morgan fingerprint density at radius 3 is 2.56 bits per heavy atom. The minimum Gasteiger partial charge on any atom is -0.497 e. The maximum atomic E-state index is 13.0. The molecule has 0 radical (unpaired) electrons. The fourth-order valence-corrected chi connectivity index (χ4v) is 6.53. The van der Waals surface area contributed by atoms with E-state index in [1.165, 1.54) is 0 Å². The van der Waals surface area contributed by atoms with Crippen molar-refractivity contribution >= 4 is 11.8 Å². The second-order valence-corrected chi connectivity index (χ2v) is 10.9. The normalized spacial score (nSPS) is 30.5. The molecule has 4 rings (SSSR count). The van der Waals surface area contributed by atoms with Gasteiger partial charge in [0.15, 0.2) is 0 Å². The van der Waals surface area contributed by atoms with Gasteiger partial charge in [-0.15, -0.1) is 0 Å². The number of pyridine rings is 1. The highest BCUT2D eigenvalue weighted by molar-refractivity contribution is 5.94. The minimum absolute atomic E-state index is 0.000822. The fourth-order valence-electron chi connectivity index (χ4n) is 6.53. The summed E-state index contributed by atoms with van der Waals surface area (Å²) in [4.78, 5) is 30.2. The number of hydrogen-bond donors (Lipinski definition) is 3. The molecule has 2 saturated carbocycles. The number of nitrogens with zero attached hydrogens (tertiary/aromatic N) is 1. The van der Waals surface area contributed by atoms with Crippen LogP contribution in [-0.4, -0.2) is 41.2 Å². The van der Waals surface area contributed by atoms with E-state index in [0.29, 0.717) is 17.9 Å². The Morgan fingerprint density at radius 2 is 1.89 bits per heavy atom. The molecule has 3 N–H and O–H groups in total. The first kappa shape index (κ1) is 26.1. The highest BCUT2D eigenvalue weighted by Gasteiger charge is 2.53. The van der Waals surface area contributed by atoms with Crippen molar-refractivity contribution in [3.8, 4) is 5.75 Å². The molecule has 7 atom stereocenters. The Balaban J connectivity index is 1.41. The van der Waals surface area contributed by atoms with Crippen molar-refractivity contribution in [3.05, 3.63) is 59.9 Å². The van der Waals surface area contributed by atoms with Crippen LogP contribution in [0.25, 0.3) is 0 Å². The summed E-state index contributed by atoms with van der Waals surface area (Å²) < 4.78 is 5.19. The number of hydrogen-bond acceptors (Lipinski definition) is 5. The number of aliphatic hydroxyl groups is 1. The van der Waals surface area contributed by atoms with Crippen LogP contribution in [0.5, 0.6) is 5.75 Å². The van der Waals surface area contributed by atoms with Crippen molar-refractivity contribution in [3.63, 3.8) is 0 Å². The van der Waals surface area contributed by atoms with Crippen LogP contribution in [0.15, 0.2) is 48.7 Å². The van der Waals surface area contributed by atoms with Crippen LogP contribution >= 0.6 is 0 Å². The van der Waals surface area contributed by atoms with Gasteiger partial charge in [-0.2, -0.15) is 0 Å². The minimum atomic E-state index is -0.602. The number of ether oxygens (including phenoxy) is 1. The van der Waals surface area contributed by atoms with E-state index in [1.807, 2.05) is 25.1 Å². The maximum Gasteiger partial charge on any atom is 0.251 e. The predicted molar refractivity (Wildman–Crippen MR) is 138 cm³/mol. The van der Waals surface area contributed by atoms with Gasteiger partial charge < -0.3 is 20.5 Å². The number of aromatic nitrogens is 1. The molecule has 0 aliphatic heterocycles. The van der Waals surface area contributed by atoms with E-state index in [9.17, 15) is 14.7 Å². The number of rotatable bonds is 7. The van der Waals surface area contributed by atoms with Crippen LogP contribution in [0, 0.1) is 29.1 Å². The molecule has 2 aromatic rings. The Bertz CT molecular complexity index is 1040. The third-order valence-electron chi connectivity index (χ3n) is 8.78. The maximum absolute atomic E-state index is 13.0. The summed E-state index contributed by atoms with van der Waals surface area (Å²) in [6, 6.07) is 12.7. The fraction of sp³-hybridized carbons (Fsp3) is 0.552. The van der Waals surface area contributed by atoms with Gasteiger partial charge in [0.05, 0.1) is 25.5 Å². The van der Waals surface area contributed by atoms with Crippen molar-refractivity contribution in [2.45, 2.75) is 65.1 Å². The van der Waals surface area contributed by atoms with Gasteiger partial charge in [0.2, 0.25) is 5.91 Å². The predicted octanol–water partition coefficient (Wildman–Crippen LogP) is 3.96. The summed E-state index contributed by atoms with van der Waals surface area (Å²) >= 11 is 0. The summed E-state index contributed by atoms with van der Waals surface area (Å²) in [6.07, 6.45) is 4.73. The molecule has 0 saturated heterocycles. The number of nitrogens with one attached hydrogen (secondary N) is 2. The first-order valence-corrected chi connectivity index (χ1v) is 13.0. The number of amides is 2. The molecule has 7 heteroatoms. The van der Waals surface area contributed by atoms with E-state index in [4.69, 9.17) is 4.74 Å². The van der Waals surface area contributed by atoms with Crippen LogP contribution in [0.4, 0.5) is 0 Å². The number of fused-ring (bicyclic) bond motifs is 1. The second-order valence-electron chi connectivity index (χ2n) is 10.9. The summed E-state index contributed by atoms with van der Waals surface area (Å²) in [5.41, 5.74) is 1.41. The van der Waals surface area contributed by atoms with Gasteiger partial charge in [-0.25, -0.2) is 0 Å². The number of aliphatic hydroxyl groups excluding tert-OH is 1. The lowest BCUT2D eigenvalue weighted by Gasteiger charge is -2.56. The van der Waals surface area contributed by atoms with Crippen molar-refractivity contribution in [2.75, 3.05) is 7.11 Å². The van der Waals surface area contributed by atoms with Crippen LogP contribution in [0.3, 0.4) is 0 Å². The molecule has 2 aliphatic carbocycles. The van der Waals surface area contributed by atoms with Crippen molar-refractivity contribution in [2.24, 2.45) is 29.1 Å². The molecule has 1 aromatic heterocycles. The molecular formula is C29H39N3O4. The average Bonchev–Trinajstić information content (AvgIpc) is 2.89. The molecule has 36 heavy (non-hydrogen) atoms. The van der Waals surface area contributed by atoms with Crippen molar-refractivity contribution in [1.82, 2.24) is 15.6 Å². The Labute approximate surface area is 214 Å². The SMILES string of the molecule is COc1ccc(C(=O)N[C@H]2CC[C@]3(C)CCC([C@H](C)C(=O)NCc4ccccn4)[C@H](O)[C@H]3[C@@H]2C)cc1. The van der Waals surface area contributed by atoms with Gasteiger partial charge in [-0.3, -0.25) is 14.6 Å². The molecule has 1 aromatic carbocycles. The zero-order valence-electron chi connectivity index (χ0n) is 21.7. The molecule has 2 aliphatic rings. The lowest BCUT2D eigenvalue weighted by Crippen LogP contribution is -2.58. The Morgan fingerprint density at radius 1 is 1.17 bits per heavy atom. The van der Waals surface area contributed by atoms with Crippen LogP contribution in [-0.2, 0) is 11.3 Å². The van der Waals surface area contributed by atoms with E-state index >= 15 is 0 Å². The van der Waals surface area contributed by atoms with Crippen molar-refractivity contribution in [1.29, 1.82) is 0 Å². The molecule has 0 bridgehead atoms. The molecule has 2 fully saturated rings. The summed E-state index contributed by atoms with van der Waals surface area (Å²) in [5, 5.41) is 17.8. The smallest absolute Gasteiger partial charge is 0.251 e. The van der Waals surface area contributed by atoms with Gasteiger partial charge >= 0.3 is 0 Å². The number of carbonyl (C=O) groups excluding carboxylic acids is 2. The highest BCUT2D eigenvalue weighted by atomic mass is 16.5. The molecule has 0 spiro atoms. The van der Waals surface area contributed by atoms with Gasteiger partial charge in [0, 0.05) is 23.7 Å².